The number of halogens is 1. The van der Waals surface area contributed by atoms with E-state index in [2.05, 4.69) is 20.9 Å². The van der Waals surface area contributed by atoms with Crippen molar-refractivity contribution in [1.29, 1.82) is 0 Å². The highest BCUT2D eigenvalue weighted by Crippen LogP contribution is 2.46. The topological polar surface area (TPSA) is 68.7 Å². The zero-order chi connectivity index (χ0) is 20.5. The molecular weight excluding hydrogens is 436 g/mol. The number of anilines is 1. The SMILES string of the molecule is COc1ccc(OC)c(C2CC(=O)N(c3ccc(Br)cn3)C3=C2C(=O)CCC3)c1. The van der Waals surface area contributed by atoms with Crippen LogP contribution in [0.25, 0.3) is 0 Å². The minimum absolute atomic E-state index is 0.0794. The molecule has 7 heteroatoms. The molecule has 6 nitrogen and oxygen atoms in total. The summed E-state index contributed by atoms with van der Waals surface area (Å²) in [5.74, 6) is 1.48. The molecule has 0 saturated carbocycles. The van der Waals surface area contributed by atoms with Crippen molar-refractivity contribution in [3.8, 4) is 11.5 Å². The van der Waals surface area contributed by atoms with E-state index in [1.54, 1.807) is 31.4 Å². The van der Waals surface area contributed by atoms with E-state index < -0.39 is 0 Å². The Morgan fingerprint density at radius 1 is 1.10 bits per heavy atom. The van der Waals surface area contributed by atoms with E-state index in [4.69, 9.17) is 9.47 Å². The van der Waals surface area contributed by atoms with Gasteiger partial charge in [-0.3, -0.25) is 14.5 Å². The molecule has 0 saturated heterocycles. The number of benzene rings is 1. The third kappa shape index (κ3) is 3.55. The Balaban J connectivity index is 1.88. The lowest BCUT2D eigenvalue weighted by atomic mass is 9.77. The van der Waals surface area contributed by atoms with E-state index in [-0.39, 0.29) is 24.0 Å². The molecule has 1 aromatic carbocycles. The highest BCUT2D eigenvalue weighted by Gasteiger charge is 2.41. The van der Waals surface area contributed by atoms with E-state index in [9.17, 15) is 9.59 Å². The number of hydrogen-bond acceptors (Lipinski definition) is 5. The van der Waals surface area contributed by atoms with Crippen molar-refractivity contribution < 1.29 is 19.1 Å². The number of methoxy groups -OCH3 is 2. The summed E-state index contributed by atoms with van der Waals surface area (Å²) >= 11 is 3.37. The van der Waals surface area contributed by atoms with E-state index >= 15 is 0 Å². The molecule has 1 aromatic heterocycles. The first-order chi connectivity index (χ1) is 14.0. The Morgan fingerprint density at radius 2 is 1.93 bits per heavy atom. The average molecular weight is 457 g/mol. The van der Waals surface area contributed by atoms with Gasteiger partial charge in [0.15, 0.2) is 5.78 Å². The van der Waals surface area contributed by atoms with Crippen molar-refractivity contribution in [3.63, 3.8) is 0 Å². The summed E-state index contributed by atoms with van der Waals surface area (Å²) in [6.07, 6.45) is 3.70. The van der Waals surface area contributed by atoms with Crippen molar-refractivity contribution in [2.45, 2.75) is 31.6 Å². The van der Waals surface area contributed by atoms with Gasteiger partial charge < -0.3 is 9.47 Å². The third-order valence-corrected chi connectivity index (χ3v) is 5.90. The molecule has 0 radical (unpaired) electrons. The van der Waals surface area contributed by atoms with Crippen LogP contribution in [0.15, 0.2) is 52.3 Å². The number of amides is 1. The molecule has 0 spiro atoms. The minimum Gasteiger partial charge on any atom is -0.497 e. The van der Waals surface area contributed by atoms with Crippen LogP contribution in [0.2, 0.25) is 0 Å². The summed E-state index contributed by atoms with van der Waals surface area (Å²) in [6.45, 7) is 0. The summed E-state index contributed by atoms with van der Waals surface area (Å²) in [6, 6.07) is 9.12. The third-order valence-electron chi connectivity index (χ3n) is 5.43. The molecule has 2 aromatic rings. The largest absolute Gasteiger partial charge is 0.497 e. The van der Waals surface area contributed by atoms with Gasteiger partial charge in [0.1, 0.15) is 17.3 Å². The van der Waals surface area contributed by atoms with Crippen LogP contribution >= 0.6 is 15.9 Å². The van der Waals surface area contributed by atoms with E-state index in [1.807, 2.05) is 24.3 Å². The molecule has 1 aliphatic heterocycles. The Labute approximate surface area is 177 Å². The molecule has 1 amide bonds. The Hall–Kier alpha value is -2.67. The number of rotatable bonds is 4. The average Bonchev–Trinajstić information content (AvgIpc) is 2.73. The second-order valence-electron chi connectivity index (χ2n) is 7.07. The van der Waals surface area contributed by atoms with Crippen LogP contribution in [0.1, 0.15) is 37.2 Å². The summed E-state index contributed by atoms with van der Waals surface area (Å²) in [5.41, 5.74) is 2.24. The lowest BCUT2D eigenvalue weighted by Crippen LogP contribution is -2.41. The van der Waals surface area contributed by atoms with E-state index in [0.717, 1.165) is 22.2 Å². The monoisotopic (exact) mass is 456 g/mol. The molecule has 0 N–H and O–H groups in total. The number of pyridine rings is 1. The van der Waals surface area contributed by atoms with Crippen molar-refractivity contribution in [3.05, 3.63) is 57.8 Å². The van der Waals surface area contributed by atoms with Gasteiger partial charge in [0.05, 0.1) is 14.2 Å². The van der Waals surface area contributed by atoms with Crippen LogP contribution in [0.5, 0.6) is 11.5 Å². The molecule has 29 heavy (non-hydrogen) atoms. The van der Waals surface area contributed by atoms with Crippen LogP contribution in [0.3, 0.4) is 0 Å². The quantitative estimate of drug-likeness (QED) is 0.682. The van der Waals surface area contributed by atoms with Gasteiger partial charge in [0.2, 0.25) is 5.91 Å². The zero-order valence-corrected chi connectivity index (χ0v) is 17.9. The fourth-order valence-electron chi connectivity index (χ4n) is 4.14. The molecule has 0 fully saturated rings. The predicted octanol–water partition coefficient (Wildman–Crippen LogP) is 4.39. The summed E-state index contributed by atoms with van der Waals surface area (Å²) in [5, 5.41) is 0. The zero-order valence-electron chi connectivity index (χ0n) is 16.3. The van der Waals surface area contributed by atoms with E-state index in [0.29, 0.717) is 35.7 Å². The number of ketones is 1. The Kier molecular flexibility index (Phi) is 5.41. The van der Waals surface area contributed by atoms with Gasteiger partial charge in [-0.1, -0.05) is 0 Å². The number of hydrogen-bond donors (Lipinski definition) is 0. The summed E-state index contributed by atoms with van der Waals surface area (Å²) < 4.78 is 11.7. The van der Waals surface area contributed by atoms with Crippen LogP contribution in [-0.2, 0) is 9.59 Å². The first-order valence-corrected chi connectivity index (χ1v) is 10.3. The fourth-order valence-corrected chi connectivity index (χ4v) is 4.37. The minimum atomic E-state index is -0.359. The van der Waals surface area contributed by atoms with Crippen molar-refractivity contribution in [1.82, 2.24) is 4.98 Å². The first kappa shape index (κ1) is 19.6. The second-order valence-corrected chi connectivity index (χ2v) is 7.98. The van der Waals surface area contributed by atoms with Crippen LogP contribution in [0.4, 0.5) is 5.82 Å². The molecule has 150 valence electrons. The van der Waals surface area contributed by atoms with Crippen molar-refractivity contribution in [2.24, 2.45) is 0 Å². The number of Topliss-reactive ketones (excluding diaryl/α,β-unsaturated/α-hetero) is 1. The maximum atomic E-state index is 13.2. The van der Waals surface area contributed by atoms with Gasteiger partial charge in [-0.15, -0.1) is 0 Å². The lowest BCUT2D eigenvalue weighted by molar-refractivity contribution is -0.120. The van der Waals surface area contributed by atoms with Gasteiger partial charge in [0, 0.05) is 46.3 Å². The molecule has 1 aliphatic carbocycles. The highest BCUT2D eigenvalue weighted by molar-refractivity contribution is 9.10. The first-order valence-electron chi connectivity index (χ1n) is 9.46. The van der Waals surface area contributed by atoms with E-state index in [1.165, 1.54) is 0 Å². The normalized spacial score (nSPS) is 19.3. The Morgan fingerprint density at radius 3 is 2.62 bits per heavy atom. The van der Waals surface area contributed by atoms with Crippen molar-refractivity contribution >= 4 is 33.4 Å². The van der Waals surface area contributed by atoms with Crippen LogP contribution < -0.4 is 14.4 Å². The number of carbonyl (C=O) groups excluding carboxylic acids is 2. The maximum Gasteiger partial charge on any atom is 0.233 e. The predicted molar refractivity (Wildman–Crippen MR) is 112 cm³/mol. The smallest absolute Gasteiger partial charge is 0.233 e. The van der Waals surface area contributed by atoms with Crippen LogP contribution in [-0.4, -0.2) is 30.9 Å². The lowest BCUT2D eigenvalue weighted by Gasteiger charge is -2.38. The van der Waals surface area contributed by atoms with Gasteiger partial charge in [-0.25, -0.2) is 4.98 Å². The number of carbonyl (C=O) groups is 2. The summed E-state index contributed by atoms with van der Waals surface area (Å²) in [7, 11) is 3.18. The molecule has 2 aliphatic rings. The van der Waals surface area contributed by atoms with Gasteiger partial charge in [-0.2, -0.15) is 0 Å². The number of allylic oxidation sites excluding steroid dienone is 2. The summed E-state index contributed by atoms with van der Waals surface area (Å²) in [4.78, 5) is 32.3. The standard InChI is InChI=1S/C22H21BrN2O4/c1-28-14-7-8-19(29-2)15(10-14)16-11-21(27)25(20-9-6-13(23)12-24-20)17-4-3-5-18(26)22(16)17/h6-10,12,16H,3-5,11H2,1-2H3. The number of nitrogens with zero attached hydrogens (tertiary/aromatic N) is 2. The second kappa shape index (κ2) is 7.99. The molecule has 1 atom stereocenters. The molecule has 1 unspecified atom stereocenters. The number of ether oxygens (including phenoxy) is 2. The number of aromatic nitrogens is 1. The fraction of sp³-hybridized carbons (Fsp3) is 0.318. The highest BCUT2D eigenvalue weighted by atomic mass is 79.9. The molecule has 0 bridgehead atoms. The van der Waals surface area contributed by atoms with Crippen molar-refractivity contribution in [2.75, 3.05) is 19.1 Å². The van der Waals surface area contributed by atoms with Gasteiger partial charge in [0.25, 0.3) is 0 Å². The molecular formula is C22H21BrN2O4. The maximum absolute atomic E-state index is 13.2. The molecule has 2 heterocycles. The van der Waals surface area contributed by atoms with Crippen LogP contribution in [0, 0.1) is 0 Å². The van der Waals surface area contributed by atoms with Gasteiger partial charge in [-0.05, 0) is 59.1 Å². The molecule has 4 rings (SSSR count). The van der Waals surface area contributed by atoms with Gasteiger partial charge >= 0.3 is 0 Å². The Bertz CT molecular complexity index is 1000.